The molecule has 1 rings (SSSR count). The fourth-order valence-corrected chi connectivity index (χ4v) is 2.38. The standard InChI is InChI=1S/C10H18N2S/c1-10(2,3)6-9-12-7-8(13-9)4-5-11/h7H,4-6,11H2,1-3H3. The largest absolute Gasteiger partial charge is 0.330 e. The number of nitrogens with zero attached hydrogens (tertiary/aromatic N) is 1. The van der Waals surface area contributed by atoms with Crippen LogP contribution in [0.3, 0.4) is 0 Å². The zero-order valence-corrected chi connectivity index (χ0v) is 9.45. The van der Waals surface area contributed by atoms with Gasteiger partial charge in [0.15, 0.2) is 0 Å². The van der Waals surface area contributed by atoms with Crippen molar-refractivity contribution in [1.82, 2.24) is 4.98 Å². The summed E-state index contributed by atoms with van der Waals surface area (Å²) < 4.78 is 0. The lowest BCUT2D eigenvalue weighted by molar-refractivity contribution is 0.410. The van der Waals surface area contributed by atoms with Crippen LogP contribution in [-0.2, 0) is 12.8 Å². The summed E-state index contributed by atoms with van der Waals surface area (Å²) in [5, 5.41) is 1.23. The highest BCUT2D eigenvalue weighted by Crippen LogP contribution is 2.23. The molecule has 0 amide bonds. The van der Waals surface area contributed by atoms with E-state index in [1.807, 2.05) is 6.20 Å². The summed E-state index contributed by atoms with van der Waals surface area (Å²) in [6.07, 6.45) is 3.97. The summed E-state index contributed by atoms with van der Waals surface area (Å²) in [4.78, 5) is 5.69. The normalized spacial score (nSPS) is 12.0. The van der Waals surface area contributed by atoms with E-state index in [0.717, 1.165) is 19.4 Å². The first-order valence-corrected chi connectivity index (χ1v) is 5.46. The Morgan fingerprint density at radius 2 is 2.15 bits per heavy atom. The molecule has 1 aromatic heterocycles. The van der Waals surface area contributed by atoms with Crippen LogP contribution in [0.4, 0.5) is 0 Å². The highest BCUT2D eigenvalue weighted by atomic mass is 32.1. The first-order chi connectivity index (χ1) is 6.01. The van der Waals surface area contributed by atoms with Crippen molar-refractivity contribution in [1.29, 1.82) is 0 Å². The fourth-order valence-electron chi connectivity index (χ4n) is 1.14. The van der Waals surface area contributed by atoms with Gasteiger partial charge in [-0.1, -0.05) is 20.8 Å². The van der Waals surface area contributed by atoms with E-state index in [0.29, 0.717) is 5.41 Å². The Hall–Kier alpha value is -0.410. The molecule has 74 valence electrons. The molecule has 1 heterocycles. The number of thiazole rings is 1. The molecule has 0 atom stereocenters. The van der Waals surface area contributed by atoms with Crippen LogP contribution in [0.2, 0.25) is 0 Å². The molecule has 0 aliphatic rings. The van der Waals surface area contributed by atoms with Crippen molar-refractivity contribution in [2.75, 3.05) is 6.54 Å². The molecular formula is C10H18N2S. The van der Waals surface area contributed by atoms with Crippen LogP contribution in [0.1, 0.15) is 30.7 Å². The topological polar surface area (TPSA) is 38.9 Å². The summed E-state index contributed by atoms with van der Waals surface area (Å²) >= 11 is 1.79. The van der Waals surface area contributed by atoms with E-state index in [2.05, 4.69) is 25.8 Å². The quantitative estimate of drug-likeness (QED) is 0.809. The maximum atomic E-state index is 5.48. The summed E-state index contributed by atoms with van der Waals surface area (Å²) in [7, 11) is 0. The fraction of sp³-hybridized carbons (Fsp3) is 0.700. The smallest absolute Gasteiger partial charge is 0.0932 e. The highest BCUT2D eigenvalue weighted by molar-refractivity contribution is 7.11. The van der Waals surface area contributed by atoms with Gasteiger partial charge < -0.3 is 5.73 Å². The molecule has 0 bridgehead atoms. The van der Waals surface area contributed by atoms with Crippen LogP contribution in [0.5, 0.6) is 0 Å². The lowest BCUT2D eigenvalue weighted by Crippen LogP contribution is -2.08. The van der Waals surface area contributed by atoms with Crippen molar-refractivity contribution in [3.05, 3.63) is 16.1 Å². The van der Waals surface area contributed by atoms with E-state index in [4.69, 9.17) is 5.73 Å². The number of nitrogens with two attached hydrogens (primary N) is 1. The van der Waals surface area contributed by atoms with Crippen LogP contribution in [-0.4, -0.2) is 11.5 Å². The molecule has 13 heavy (non-hydrogen) atoms. The van der Waals surface area contributed by atoms with Gasteiger partial charge in [-0.2, -0.15) is 0 Å². The molecule has 0 fully saturated rings. The molecule has 0 aromatic carbocycles. The van der Waals surface area contributed by atoms with E-state index >= 15 is 0 Å². The Kier molecular flexibility index (Phi) is 3.45. The molecule has 0 saturated heterocycles. The van der Waals surface area contributed by atoms with Gasteiger partial charge in [0.05, 0.1) is 5.01 Å². The minimum Gasteiger partial charge on any atom is -0.330 e. The molecule has 2 N–H and O–H groups in total. The van der Waals surface area contributed by atoms with E-state index in [-0.39, 0.29) is 0 Å². The highest BCUT2D eigenvalue weighted by Gasteiger charge is 2.13. The lowest BCUT2D eigenvalue weighted by atomic mass is 9.93. The zero-order valence-electron chi connectivity index (χ0n) is 8.63. The maximum absolute atomic E-state index is 5.48. The minimum atomic E-state index is 0.331. The van der Waals surface area contributed by atoms with Crippen LogP contribution in [0.25, 0.3) is 0 Å². The first-order valence-electron chi connectivity index (χ1n) is 4.65. The van der Waals surface area contributed by atoms with Crippen LogP contribution < -0.4 is 5.73 Å². The van der Waals surface area contributed by atoms with Crippen molar-refractivity contribution in [2.45, 2.75) is 33.6 Å². The van der Waals surface area contributed by atoms with E-state index in [1.54, 1.807) is 11.3 Å². The predicted molar refractivity (Wildman–Crippen MR) is 58.0 cm³/mol. The second-order valence-corrected chi connectivity index (χ2v) is 5.70. The Morgan fingerprint density at radius 1 is 1.46 bits per heavy atom. The molecule has 0 aliphatic carbocycles. The van der Waals surface area contributed by atoms with E-state index in [1.165, 1.54) is 9.88 Å². The van der Waals surface area contributed by atoms with Gasteiger partial charge in [0.2, 0.25) is 0 Å². The molecule has 0 spiro atoms. The van der Waals surface area contributed by atoms with E-state index in [9.17, 15) is 0 Å². The minimum absolute atomic E-state index is 0.331. The Balaban J connectivity index is 2.59. The van der Waals surface area contributed by atoms with Crippen molar-refractivity contribution in [3.8, 4) is 0 Å². The van der Waals surface area contributed by atoms with Gasteiger partial charge in [-0.05, 0) is 18.4 Å². The second-order valence-electron chi connectivity index (χ2n) is 4.50. The molecule has 0 aliphatic heterocycles. The van der Waals surface area contributed by atoms with Crippen LogP contribution in [0.15, 0.2) is 6.20 Å². The van der Waals surface area contributed by atoms with Crippen LogP contribution in [0, 0.1) is 5.41 Å². The monoisotopic (exact) mass is 198 g/mol. The average Bonchev–Trinajstić information content (AvgIpc) is 2.33. The third-order valence-electron chi connectivity index (χ3n) is 1.67. The summed E-state index contributed by atoms with van der Waals surface area (Å²) in [5.74, 6) is 0. The number of aromatic nitrogens is 1. The molecule has 0 saturated carbocycles. The summed E-state index contributed by atoms with van der Waals surface area (Å²) in [6, 6.07) is 0. The van der Waals surface area contributed by atoms with Gasteiger partial charge in [-0.3, -0.25) is 0 Å². The average molecular weight is 198 g/mol. The lowest BCUT2D eigenvalue weighted by Gasteiger charge is -2.15. The van der Waals surface area contributed by atoms with Crippen LogP contribution >= 0.6 is 11.3 Å². The second kappa shape index (κ2) is 4.20. The molecule has 0 radical (unpaired) electrons. The van der Waals surface area contributed by atoms with E-state index < -0.39 is 0 Å². The molecule has 2 nitrogen and oxygen atoms in total. The Bertz CT molecular complexity index is 260. The van der Waals surface area contributed by atoms with Crippen molar-refractivity contribution in [2.24, 2.45) is 11.1 Å². The maximum Gasteiger partial charge on any atom is 0.0932 e. The van der Waals surface area contributed by atoms with Crippen molar-refractivity contribution in [3.63, 3.8) is 0 Å². The molecule has 3 heteroatoms. The third-order valence-corrected chi connectivity index (χ3v) is 2.73. The Morgan fingerprint density at radius 3 is 2.69 bits per heavy atom. The number of rotatable bonds is 3. The van der Waals surface area contributed by atoms with Gasteiger partial charge >= 0.3 is 0 Å². The summed E-state index contributed by atoms with van der Waals surface area (Å²) in [6.45, 7) is 7.42. The predicted octanol–water partition coefficient (Wildman–Crippen LogP) is 2.23. The summed E-state index contributed by atoms with van der Waals surface area (Å²) in [5.41, 5.74) is 5.81. The van der Waals surface area contributed by atoms with Gasteiger partial charge in [0.1, 0.15) is 0 Å². The number of hydrogen-bond acceptors (Lipinski definition) is 3. The molecule has 0 unspecified atom stereocenters. The molecular weight excluding hydrogens is 180 g/mol. The van der Waals surface area contributed by atoms with Gasteiger partial charge in [0.25, 0.3) is 0 Å². The van der Waals surface area contributed by atoms with Gasteiger partial charge in [-0.15, -0.1) is 11.3 Å². The number of hydrogen-bond donors (Lipinski definition) is 1. The first kappa shape index (κ1) is 10.7. The molecule has 1 aromatic rings. The third kappa shape index (κ3) is 3.87. The van der Waals surface area contributed by atoms with Crippen molar-refractivity contribution >= 4 is 11.3 Å². The zero-order chi connectivity index (χ0) is 9.90. The SMILES string of the molecule is CC(C)(C)Cc1ncc(CCN)s1. The van der Waals surface area contributed by atoms with Gasteiger partial charge in [0, 0.05) is 17.5 Å². The van der Waals surface area contributed by atoms with Crippen molar-refractivity contribution < 1.29 is 0 Å². The van der Waals surface area contributed by atoms with Gasteiger partial charge in [-0.25, -0.2) is 4.98 Å². The Labute approximate surface area is 84.2 Å².